The second-order valence-electron chi connectivity index (χ2n) is 5.95. The summed E-state index contributed by atoms with van der Waals surface area (Å²) in [6, 6.07) is 15.7. The first kappa shape index (κ1) is 19.4. The Morgan fingerprint density at radius 3 is 2.54 bits per heavy atom. The second-order valence-corrected chi connectivity index (χ2v) is 6.81. The maximum absolute atomic E-state index is 12.4. The Morgan fingerprint density at radius 1 is 1.21 bits per heavy atom. The average molecular weight is 442 g/mol. The summed E-state index contributed by atoms with van der Waals surface area (Å²) < 4.78 is 2.10. The lowest BCUT2D eigenvalue weighted by Gasteiger charge is -2.02. The summed E-state index contributed by atoms with van der Waals surface area (Å²) in [5, 5.41) is 19.1. The van der Waals surface area contributed by atoms with Gasteiger partial charge in [0.05, 0.1) is 21.7 Å². The van der Waals surface area contributed by atoms with Crippen molar-refractivity contribution < 1.29 is 9.72 Å². The van der Waals surface area contributed by atoms with E-state index in [0.29, 0.717) is 16.7 Å². The van der Waals surface area contributed by atoms with Gasteiger partial charge in [-0.2, -0.15) is 10.2 Å². The minimum absolute atomic E-state index is 0.0251. The minimum atomic E-state index is -0.450. The molecular formula is C19H16BrN5O3. The molecule has 1 N–H and O–H groups in total. The van der Waals surface area contributed by atoms with Crippen LogP contribution >= 0.6 is 15.9 Å². The van der Waals surface area contributed by atoms with E-state index in [1.54, 1.807) is 29.9 Å². The van der Waals surface area contributed by atoms with Crippen molar-refractivity contribution in [2.75, 3.05) is 0 Å². The van der Waals surface area contributed by atoms with Gasteiger partial charge in [0.25, 0.3) is 11.6 Å². The number of carbonyl (C=O) groups excluding carboxylic acids is 1. The summed E-state index contributed by atoms with van der Waals surface area (Å²) in [6.45, 7) is 2.17. The number of hydrazone groups is 1. The second kappa shape index (κ2) is 8.57. The number of nitrogens with zero attached hydrogens (tertiary/aromatic N) is 4. The third-order valence-corrected chi connectivity index (χ3v) is 4.52. The number of halogens is 1. The molecule has 0 aliphatic carbocycles. The number of aromatic nitrogens is 2. The maximum atomic E-state index is 12.4. The number of rotatable bonds is 6. The molecule has 8 nitrogen and oxygen atoms in total. The van der Waals surface area contributed by atoms with Crippen LogP contribution in [-0.4, -0.2) is 26.3 Å². The van der Waals surface area contributed by atoms with Gasteiger partial charge in [0.1, 0.15) is 0 Å². The normalized spacial score (nSPS) is 11.3. The molecule has 0 atom stereocenters. The van der Waals surface area contributed by atoms with Gasteiger partial charge in [0.15, 0.2) is 5.69 Å². The van der Waals surface area contributed by atoms with Crippen molar-refractivity contribution in [3.63, 3.8) is 0 Å². The Balaban J connectivity index is 1.69. The number of hydrogen-bond acceptors (Lipinski definition) is 5. The van der Waals surface area contributed by atoms with Crippen LogP contribution in [0.25, 0.3) is 0 Å². The van der Waals surface area contributed by atoms with Crippen LogP contribution in [0.2, 0.25) is 0 Å². The van der Waals surface area contributed by atoms with Crippen LogP contribution in [0, 0.1) is 10.1 Å². The number of nitro benzene ring substituents is 1. The van der Waals surface area contributed by atoms with E-state index in [-0.39, 0.29) is 11.4 Å². The molecule has 9 heteroatoms. The number of nitrogens with one attached hydrogen (secondary N) is 1. The van der Waals surface area contributed by atoms with E-state index in [1.165, 1.54) is 12.1 Å². The smallest absolute Gasteiger partial charge is 0.266 e. The molecule has 0 unspecified atom stereocenters. The summed E-state index contributed by atoms with van der Waals surface area (Å²) in [5.74, 6) is -0.440. The molecule has 0 bridgehead atoms. The summed E-state index contributed by atoms with van der Waals surface area (Å²) in [4.78, 5) is 22.7. The van der Waals surface area contributed by atoms with Gasteiger partial charge in [-0.05, 0) is 34.0 Å². The lowest BCUT2D eigenvalue weighted by Crippen LogP contribution is -2.20. The van der Waals surface area contributed by atoms with Crippen molar-refractivity contribution in [3.05, 3.63) is 92.2 Å². The van der Waals surface area contributed by atoms with Crippen LogP contribution in [0.3, 0.4) is 0 Å². The molecule has 3 rings (SSSR count). The molecule has 1 amide bonds. The summed E-state index contributed by atoms with van der Waals surface area (Å²) in [7, 11) is 0. The van der Waals surface area contributed by atoms with E-state index in [0.717, 1.165) is 11.1 Å². The summed E-state index contributed by atoms with van der Waals surface area (Å²) in [5.41, 5.74) is 5.14. The van der Waals surface area contributed by atoms with Crippen molar-refractivity contribution in [1.29, 1.82) is 0 Å². The van der Waals surface area contributed by atoms with Gasteiger partial charge in [-0.3, -0.25) is 19.6 Å². The topological polar surface area (TPSA) is 102 Å². The molecule has 142 valence electrons. The zero-order valence-corrected chi connectivity index (χ0v) is 16.5. The number of amides is 1. The lowest BCUT2D eigenvalue weighted by molar-refractivity contribution is -0.384. The van der Waals surface area contributed by atoms with Crippen molar-refractivity contribution in [2.45, 2.75) is 13.5 Å². The predicted octanol–water partition coefficient (Wildman–Crippen LogP) is 3.76. The number of non-ortho nitro benzene ring substituents is 1. The molecule has 0 radical (unpaired) electrons. The molecule has 3 aromatic rings. The van der Waals surface area contributed by atoms with Crippen LogP contribution in [0.5, 0.6) is 0 Å². The quantitative estimate of drug-likeness (QED) is 0.357. The Kier molecular flexibility index (Phi) is 5.95. The highest BCUT2D eigenvalue weighted by Crippen LogP contribution is 2.17. The van der Waals surface area contributed by atoms with Crippen molar-refractivity contribution in [3.8, 4) is 0 Å². The van der Waals surface area contributed by atoms with Crippen LogP contribution in [0.1, 0.15) is 28.5 Å². The number of hydrogen-bond donors (Lipinski definition) is 1. The third kappa shape index (κ3) is 4.68. The molecule has 28 heavy (non-hydrogen) atoms. The predicted molar refractivity (Wildman–Crippen MR) is 108 cm³/mol. The van der Waals surface area contributed by atoms with Gasteiger partial charge in [-0.25, -0.2) is 5.43 Å². The largest absolute Gasteiger partial charge is 0.293 e. The van der Waals surface area contributed by atoms with E-state index in [4.69, 9.17) is 0 Å². The van der Waals surface area contributed by atoms with Crippen molar-refractivity contribution in [1.82, 2.24) is 15.2 Å². The highest BCUT2D eigenvalue weighted by molar-refractivity contribution is 9.10. The lowest BCUT2D eigenvalue weighted by atomic mass is 10.1. The zero-order chi connectivity index (χ0) is 20.1. The Morgan fingerprint density at radius 2 is 1.89 bits per heavy atom. The van der Waals surface area contributed by atoms with Gasteiger partial charge in [0, 0.05) is 18.3 Å². The molecule has 0 aliphatic rings. The molecule has 2 aromatic carbocycles. The zero-order valence-electron chi connectivity index (χ0n) is 14.9. The fourth-order valence-corrected chi connectivity index (χ4v) is 2.97. The Labute approximate surface area is 169 Å². The van der Waals surface area contributed by atoms with E-state index in [1.807, 2.05) is 30.3 Å². The monoisotopic (exact) mass is 441 g/mol. The highest BCUT2D eigenvalue weighted by Gasteiger charge is 2.15. The first-order valence-corrected chi connectivity index (χ1v) is 9.09. The van der Waals surface area contributed by atoms with Gasteiger partial charge in [0.2, 0.25) is 0 Å². The molecule has 0 aliphatic heterocycles. The summed E-state index contributed by atoms with van der Waals surface area (Å²) >= 11 is 3.33. The SMILES string of the molecule is CC(=NNC(=O)c1nn(Cc2ccc([N+](=O)[O-])cc2)cc1Br)c1ccccc1. The van der Waals surface area contributed by atoms with E-state index >= 15 is 0 Å². The molecule has 0 saturated carbocycles. The molecule has 0 spiro atoms. The minimum Gasteiger partial charge on any atom is -0.266 e. The van der Waals surface area contributed by atoms with E-state index in [2.05, 4.69) is 31.6 Å². The first-order chi connectivity index (χ1) is 13.4. The van der Waals surface area contributed by atoms with Gasteiger partial charge >= 0.3 is 0 Å². The van der Waals surface area contributed by atoms with Crippen LogP contribution in [0.4, 0.5) is 5.69 Å². The Hall–Kier alpha value is -3.33. The fraction of sp³-hybridized carbons (Fsp3) is 0.105. The van der Waals surface area contributed by atoms with Crippen molar-refractivity contribution >= 4 is 33.2 Å². The first-order valence-electron chi connectivity index (χ1n) is 8.30. The van der Waals surface area contributed by atoms with Gasteiger partial charge < -0.3 is 0 Å². The molecule has 1 aromatic heterocycles. The third-order valence-electron chi connectivity index (χ3n) is 3.94. The van der Waals surface area contributed by atoms with Crippen LogP contribution in [0.15, 0.2) is 70.4 Å². The number of carbonyl (C=O) groups is 1. The van der Waals surface area contributed by atoms with Crippen LogP contribution < -0.4 is 5.43 Å². The molecular weight excluding hydrogens is 426 g/mol. The average Bonchev–Trinajstić information content (AvgIpc) is 3.07. The highest BCUT2D eigenvalue weighted by atomic mass is 79.9. The Bertz CT molecular complexity index is 1030. The van der Waals surface area contributed by atoms with E-state index in [9.17, 15) is 14.9 Å². The summed E-state index contributed by atoms with van der Waals surface area (Å²) in [6.07, 6.45) is 1.67. The van der Waals surface area contributed by atoms with Gasteiger partial charge in [-0.15, -0.1) is 0 Å². The van der Waals surface area contributed by atoms with E-state index < -0.39 is 10.8 Å². The molecule has 1 heterocycles. The van der Waals surface area contributed by atoms with Crippen molar-refractivity contribution in [2.24, 2.45) is 5.10 Å². The fourth-order valence-electron chi connectivity index (χ4n) is 2.47. The molecule has 0 saturated heterocycles. The number of nitro groups is 1. The standard InChI is InChI=1S/C19H16BrN5O3/c1-13(15-5-3-2-4-6-15)21-22-19(26)18-17(20)12-24(23-18)11-14-7-9-16(10-8-14)25(27)28/h2-10,12H,11H2,1H3,(H,22,26). The maximum Gasteiger partial charge on any atom is 0.293 e. The van der Waals surface area contributed by atoms with Crippen LogP contribution in [-0.2, 0) is 6.54 Å². The van der Waals surface area contributed by atoms with Gasteiger partial charge in [-0.1, -0.05) is 42.5 Å². The number of benzene rings is 2. The molecule has 0 fully saturated rings.